The summed E-state index contributed by atoms with van der Waals surface area (Å²) in [6.45, 7) is 10.6. The van der Waals surface area contributed by atoms with Crippen LogP contribution in [0.4, 0.5) is 0 Å². The van der Waals surface area contributed by atoms with Gasteiger partial charge in [-0.3, -0.25) is 0 Å². The molecular weight excluding hydrogens is 360 g/mol. The topological polar surface area (TPSA) is 75.0 Å². The number of hydrogen-bond acceptors (Lipinski definition) is 7. The fraction of sp³-hybridized carbons (Fsp3) is 1.00. The summed E-state index contributed by atoms with van der Waals surface area (Å²) in [6.07, 6.45) is 2.22. The molecule has 6 nitrogen and oxygen atoms in total. The first-order valence-corrected chi connectivity index (χ1v) is 13.2. The molecule has 0 bridgehead atoms. The second kappa shape index (κ2) is 21.6. The second-order valence-electron chi connectivity index (χ2n) is 5.05. The van der Waals surface area contributed by atoms with Crippen molar-refractivity contribution in [3.05, 3.63) is 0 Å². The van der Waals surface area contributed by atoms with Crippen molar-refractivity contribution in [1.82, 2.24) is 5.32 Å². The first-order valence-electron chi connectivity index (χ1n) is 9.08. The van der Waals surface area contributed by atoms with Gasteiger partial charge in [0.2, 0.25) is 0 Å². The molecule has 0 radical (unpaired) electrons. The molecule has 0 saturated carbocycles. The average molecular weight is 401 g/mol. The Labute approximate surface area is 158 Å². The Bertz CT molecular complexity index is 221. The number of rotatable bonds is 16. The van der Waals surface area contributed by atoms with Crippen molar-refractivity contribution in [3.63, 3.8) is 0 Å². The van der Waals surface area contributed by atoms with Crippen LogP contribution in [0, 0.1) is 0 Å². The third kappa shape index (κ3) is 17.4. The molecule has 0 fully saturated rings. The van der Waals surface area contributed by atoms with Gasteiger partial charge in [0.05, 0.1) is 0 Å². The van der Waals surface area contributed by atoms with Crippen LogP contribution in [0.1, 0.15) is 33.6 Å². The van der Waals surface area contributed by atoms with E-state index in [1.165, 1.54) is 12.5 Å². The third-order valence-corrected chi connectivity index (χ3v) is 7.67. The lowest BCUT2D eigenvalue weighted by Gasteiger charge is -2.28. The van der Waals surface area contributed by atoms with E-state index >= 15 is 0 Å². The lowest BCUT2D eigenvalue weighted by molar-refractivity contribution is 0.0712. The van der Waals surface area contributed by atoms with Crippen LogP contribution < -0.4 is 11.1 Å². The summed E-state index contributed by atoms with van der Waals surface area (Å²) >= 11 is 4.19. The molecule has 0 spiro atoms. The minimum atomic E-state index is -2.37. The summed E-state index contributed by atoms with van der Waals surface area (Å²) in [7, 11) is -0.758. The summed E-state index contributed by atoms with van der Waals surface area (Å²) in [5, 5.41) is 3.24. The van der Waals surface area contributed by atoms with E-state index in [1.54, 1.807) is 7.11 Å². The molecule has 148 valence electrons. The average Bonchev–Trinajstić information content (AvgIpc) is 2.58. The van der Waals surface area contributed by atoms with Crippen LogP contribution in [0.3, 0.4) is 0 Å². The van der Waals surface area contributed by atoms with Crippen molar-refractivity contribution < 1.29 is 17.7 Å². The molecule has 0 atom stereocenters. The van der Waals surface area contributed by atoms with Gasteiger partial charge >= 0.3 is 8.80 Å². The summed E-state index contributed by atoms with van der Waals surface area (Å²) in [5.74, 6) is 0.849. The molecule has 0 aliphatic rings. The molecule has 9 heteroatoms. The molecule has 0 aromatic carbocycles. The van der Waals surface area contributed by atoms with E-state index in [0.717, 1.165) is 37.9 Å². The molecule has 0 rings (SSSR count). The van der Waals surface area contributed by atoms with E-state index in [4.69, 9.17) is 23.4 Å². The van der Waals surface area contributed by atoms with Gasteiger partial charge in [-0.25, -0.2) is 0 Å². The highest BCUT2D eigenvalue weighted by Crippen LogP contribution is 2.18. The highest BCUT2D eigenvalue weighted by atomic mass is 32.1. The van der Waals surface area contributed by atoms with Gasteiger partial charge in [-0.1, -0.05) is 0 Å². The maximum atomic E-state index is 5.67. The molecule has 0 aliphatic carbocycles. The first kappa shape index (κ1) is 26.8. The minimum Gasteiger partial charge on any atom is -0.427 e. The zero-order chi connectivity index (χ0) is 18.5. The molecule has 0 aliphatic heterocycles. The van der Waals surface area contributed by atoms with Gasteiger partial charge in [0.1, 0.15) is 0 Å². The smallest absolute Gasteiger partial charge is 0.427 e. The molecule has 0 aromatic heterocycles. The standard InChI is InChI=1S/C9H22O3SSi.C6H18N2OSi/c1-4-10-14(11-5-2,12-6-3)9-7-8-13;1-9-10-6-2-4-8-5-3-7/h13H,4-9H2,1-3H3;8H,2-7,10H2,1H3. The Morgan fingerprint density at radius 3 is 2.00 bits per heavy atom. The van der Waals surface area contributed by atoms with Crippen LogP contribution >= 0.6 is 12.6 Å². The fourth-order valence-electron chi connectivity index (χ4n) is 2.02. The Morgan fingerprint density at radius 1 is 1.00 bits per heavy atom. The maximum absolute atomic E-state index is 5.67. The molecule has 0 heterocycles. The van der Waals surface area contributed by atoms with Crippen LogP contribution in [0.15, 0.2) is 0 Å². The molecule has 0 unspecified atom stereocenters. The Morgan fingerprint density at radius 2 is 1.58 bits per heavy atom. The Hall–Kier alpha value is 0.544. The largest absolute Gasteiger partial charge is 0.500 e. The van der Waals surface area contributed by atoms with Gasteiger partial charge < -0.3 is 28.8 Å². The number of nitrogens with one attached hydrogen (secondary N) is 1. The van der Waals surface area contributed by atoms with Gasteiger partial charge in [0, 0.05) is 46.1 Å². The fourth-order valence-corrected chi connectivity index (χ4v) is 5.83. The Balaban J connectivity index is 0. The summed E-state index contributed by atoms with van der Waals surface area (Å²) < 4.78 is 22.1. The number of hydrogen-bond donors (Lipinski definition) is 3. The Kier molecular flexibility index (Phi) is 24.1. The second-order valence-corrected chi connectivity index (χ2v) is 9.92. The minimum absolute atomic E-state index is 0.184. The number of nitrogens with two attached hydrogens (primary N) is 1. The lowest BCUT2D eigenvalue weighted by atomic mass is 10.5. The summed E-state index contributed by atoms with van der Waals surface area (Å²) in [6, 6.07) is 2.14. The number of thiol groups is 1. The van der Waals surface area contributed by atoms with Crippen molar-refractivity contribution in [2.45, 2.75) is 45.7 Å². The molecule has 0 aromatic rings. The van der Waals surface area contributed by atoms with Gasteiger partial charge in [-0.05, 0) is 52.0 Å². The van der Waals surface area contributed by atoms with Crippen LogP contribution in [0.2, 0.25) is 12.1 Å². The van der Waals surface area contributed by atoms with Gasteiger partial charge in [0.25, 0.3) is 0 Å². The van der Waals surface area contributed by atoms with Crippen LogP contribution in [-0.2, 0) is 17.7 Å². The molecule has 0 saturated heterocycles. The highest BCUT2D eigenvalue weighted by molar-refractivity contribution is 7.80. The SMILES string of the molecule is CCO[Si](CCCS)(OCC)OCC.CO[SiH2]CCCNCCN. The highest BCUT2D eigenvalue weighted by Gasteiger charge is 2.39. The van der Waals surface area contributed by atoms with Crippen LogP contribution in [0.25, 0.3) is 0 Å². The zero-order valence-corrected chi connectivity index (χ0v) is 19.5. The zero-order valence-electron chi connectivity index (χ0n) is 16.1. The normalized spacial score (nSPS) is 11.8. The molecule has 0 amide bonds. The molecule has 3 N–H and O–H groups in total. The van der Waals surface area contributed by atoms with Crippen molar-refractivity contribution in [2.24, 2.45) is 5.73 Å². The predicted octanol–water partition coefficient (Wildman–Crippen LogP) is 1.43. The quantitative estimate of drug-likeness (QED) is 0.207. The third-order valence-electron chi connectivity index (χ3n) is 3.01. The van der Waals surface area contributed by atoms with Crippen LogP contribution in [-0.4, -0.2) is 70.9 Å². The maximum Gasteiger partial charge on any atom is 0.500 e. The van der Waals surface area contributed by atoms with Crippen molar-refractivity contribution >= 4 is 31.2 Å². The van der Waals surface area contributed by atoms with Crippen molar-refractivity contribution in [1.29, 1.82) is 0 Å². The molecular formula is C15H40N2O4SSi2. The van der Waals surface area contributed by atoms with Crippen molar-refractivity contribution in [2.75, 3.05) is 52.3 Å². The molecule has 24 heavy (non-hydrogen) atoms. The van der Waals surface area contributed by atoms with Crippen LogP contribution in [0.5, 0.6) is 0 Å². The van der Waals surface area contributed by atoms with E-state index in [-0.39, 0.29) is 9.76 Å². The summed E-state index contributed by atoms with van der Waals surface area (Å²) in [4.78, 5) is 0. The van der Waals surface area contributed by atoms with Crippen molar-refractivity contribution in [3.8, 4) is 0 Å². The van der Waals surface area contributed by atoms with Gasteiger partial charge in [0.15, 0.2) is 9.76 Å². The van der Waals surface area contributed by atoms with E-state index in [0.29, 0.717) is 19.8 Å². The summed E-state index contributed by atoms with van der Waals surface area (Å²) in [5.41, 5.74) is 5.29. The predicted molar refractivity (Wildman–Crippen MR) is 111 cm³/mol. The van der Waals surface area contributed by atoms with E-state index in [9.17, 15) is 0 Å². The monoisotopic (exact) mass is 400 g/mol. The first-order chi connectivity index (χ1) is 11.7. The lowest BCUT2D eigenvalue weighted by Crippen LogP contribution is -2.46. The van der Waals surface area contributed by atoms with E-state index in [1.807, 2.05) is 20.8 Å². The van der Waals surface area contributed by atoms with E-state index < -0.39 is 8.80 Å². The van der Waals surface area contributed by atoms with Gasteiger partial charge in [-0.2, -0.15) is 12.6 Å². The van der Waals surface area contributed by atoms with E-state index in [2.05, 4.69) is 17.9 Å². The van der Waals surface area contributed by atoms with Gasteiger partial charge in [-0.15, -0.1) is 0 Å².